The number of aromatic nitrogens is 1. The van der Waals surface area contributed by atoms with E-state index in [-0.39, 0.29) is 0 Å². The highest BCUT2D eigenvalue weighted by Crippen LogP contribution is 2.17. The van der Waals surface area contributed by atoms with Crippen molar-refractivity contribution in [1.82, 2.24) is 4.98 Å². The number of nitrogens with two attached hydrogens (primary N) is 1. The summed E-state index contributed by atoms with van der Waals surface area (Å²) in [5, 5.41) is 5.40. The van der Waals surface area contributed by atoms with Gasteiger partial charge in [-0.25, -0.2) is 0 Å². The van der Waals surface area contributed by atoms with Crippen LogP contribution in [0.4, 0.5) is 0 Å². The molecule has 2 N–H and O–H groups in total. The summed E-state index contributed by atoms with van der Waals surface area (Å²) in [5.74, 6) is 0. The standard InChI is InChI=1S/C6H7IN2S/c7-4-5-6(10-8)2-1-3-9-5/h1-3H,4,8H2. The Balaban J connectivity index is 2.96. The molecule has 0 spiro atoms. The van der Waals surface area contributed by atoms with E-state index in [0.29, 0.717) is 0 Å². The highest BCUT2D eigenvalue weighted by atomic mass is 127. The quantitative estimate of drug-likeness (QED) is 0.505. The summed E-state index contributed by atoms with van der Waals surface area (Å²) in [4.78, 5) is 5.23. The van der Waals surface area contributed by atoms with Crippen molar-refractivity contribution in [3.63, 3.8) is 0 Å². The molecular formula is C6H7IN2S. The third-order valence-electron chi connectivity index (χ3n) is 1.10. The van der Waals surface area contributed by atoms with E-state index in [2.05, 4.69) is 27.6 Å². The molecule has 0 amide bonds. The van der Waals surface area contributed by atoms with Crippen LogP contribution in [0.2, 0.25) is 0 Å². The number of nitrogens with zero attached hydrogens (tertiary/aromatic N) is 1. The second kappa shape index (κ2) is 4.15. The minimum atomic E-state index is 0.915. The molecule has 1 aromatic rings. The number of rotatable bonds is 2. The molecular weight excluding hydrogens is 259 g/mol. The molecule has 0 aliphatic carbocycles. The summed E-state index contributed by atoms with van der Waals surface area (Å²) in [6.45, 7) is 0. The van der Waals surface area contributed by atoms with Crippen LogP contribution in [0.5, 0.6) is 0 Å². The van der Waals surface area contributed by atoms with Crippen molar-refractivity contribution in [3.8, 4) is 0 Å². The van der Waals surface area contributed by atoms with Gasteiger partial charge in [-0.1, -0.05) is 22.6 Å². The molecule has 0 aliphatic heterocycles. The van der Waals surface area contributed by atoms with Gasteiger partial charge in [-0.2, -0.15) is 0 Å². The number of hydrogen-bond acceptors (Lipinski definition) is 3. The van der Waals surface area contributed by atoms with Crippen molar-refractivity contribution in [3.05, 3.63) is 24.0 Å². The number of alkyl halides is 1. The van der Waals surface area contributed by atoms with Crippen LogP contribution < -0.4 is 5.14 Å². The number of pyridine rings is 1. The van der Waals surface area contributed by atoms with E-state index < -0.39 is 0 Å². The van der Waals surface area contributed by atoms with Gasteiger partial charge in [-0.3, -0.25) is 10.1 Å². The third kappa shape index (κ3) is 1.83. The Morgan fingerprint density at radius 2 is 2.50 bits per heavy atom. The Bertz CT molecular complexity index is 194. The second-order valence-corrected chi connectivity index (χ2v) is 3.14. The number of hydrogen-bond donors (Lipinski definition) is 1. The molecule has 1 heterocycles. The average molecular weight is 266 g/mol. The maximum atomic E-state index is 5.40. The molecule has 1 rings (SSSR count). The summed E-state index contributed by atoms with van der Waals surface area (Å²) >= 11 is 3.52. The van der Waals surface area contributed by atoms with Gasteiger partial charge in [0.25, 0.3) is 0 Å². The van der Waals surface area contributed by atoms with Crippen LogP contribution in [0.3, 0.4) is 0 Å². The molecule has 0 atom stereocenters. The van der Waals surface area contributed by atoms with Crippen LogP contribution in [-0.2, 0) is 4.43 Å². The predicted molar refractivity (Wildman–Crippen MR) is 52.0 cm³/mol. The molecule has 0 fully saturated rings. The lowest BCUT2D eigenvalue weighted by atomic mass is 10.4. The van der Waals surface area contributed by atoms with Crippen LogP contribution in [0, 0.1) is 0 Å². The zero-order chi connectivity index (χ0) is 7.40. The van der Waals surface area contributed by atoms with E-state index >= 15 is 0 Å². The first-order chi connectivity index (χ1) is 4.88. The predicted octanol–water partition coefficient (Wildman–Crippen LogP) is 1.98. The van der Waals surface area contributed by atoms with Crippen LogP contribution >= 0.6 is 34.5 Å². The first kappa shape index (κ1) is 8.29. The van der Waals surface area contributed by atoms with E-state index in [1.165, 1.54) is 11.9 Å². The molecule has 0 unspecified atom stereocenters. The molecule has 0 aromatic carbocycles. The van der Waals surface area contributed by atoms with Gasteiger partial charge in [0.2, 0.25) is 0 Å². The minimum absolute atomic E-state index is 0.915. The van der Waals surface area contributed by atoms with E-state index in [1.807, 2.05) is 12.1 Å². The lowest BCUT2D eigenvalue weighted by Gasteiger charge is -1.99. The average Bonchev–Trinajstić information content (AvgIpc) is 2.04. The monoisotopic (exact) mass is 266 g/mol. The smallest absolute Gasteiger partial charge is 0.0649 e. The third-order valence-corrected chi connectivity index (χ3v) is 2.45. The van der Waals surface area contributed by atoms with E-state index in [1.54, 1.807) is 6.20 Å². The molecule has 2 nitrogen and oxygen atoms in total. The molecule has 0 saturated carbocycles. The van der Waals surface area contributed by atoms with E-state index in [0.717, 1.165) is 15.0 Å². The first-order valence-corrected chi connectivity index (χ1v) is 5.15. The summed E-state index contributed by atoms with van der Waals surface area (Å²) in [7, 11) is 0. The fourth-order valence-electron chi connectivity index (χ4n) is 0.631. The fourth-order valence-corrected chi connectivity index (χ4v) is 1.92. The van der Waals surface area contributed by atoms with Gasteiger partial charge >= 0.3 is 0 Å². The Kier molecular flexibility index (Phi) is 3.44. The molecule has 0 saturated heterocycles. The molecule has 10 heavy (non-hydrogen) atoms. The SMILES string of the molecule is NSc1cccnc1CI. The van der Waals surface area contributed by atoms with Gasteiger partial charge in [-0.15, -0.1) is 0 Å². The van der Waals surface area contributed by atoms with Gasteiger partial charge in [0.15, 0.2) is 0 Å². The Morgan fingerprint density at radius 3 is 3.00 bits per heavy atom. The van der Waals surface area contributed by atoms with Crippen LogP contribution in [-0.4, -0.2) is 4.98 Å². The second-order valence-electron chi connectivity index (χ2n) is 1.70. The molecule has 4 heteroatoms. The lowest BCUT2D eigenvalue weighted by molar-refractivity contribution is 1.11. The minimum Gasteiger partial charge on any atom is -0.274 e. The van der Waals surface area contributed by atoms with Crippen molar-refractivity contribution >= 4 is 34.5 Å². The fraction of sp³-hybridized carbons (Fsp3) is 0.167. The van der Waals surface area contributed by atoms with Crippen LogP contribution in [0.25, 0.3) is 0 Å². The van der Waals surface area contributed by atoms with Crippen LogP contribution in [0.1, 0.15) is 5.69 Å². The summed E-state index contributed by atoms with van der Waals surface area (Å²) in [6.07, 6.45) is 1.79. The van der Waals surface area contributed by atoms with Crippen molar-refractivity contribution < 1.29 is 0 Å². The maximum absolute atomic E-state index is 5.40. The largest absolute Gasteiger partial charge is 0.274 e. The first-order valence-electron chi connectivity index (χ1n) is 2.75. The summed E-state index contributed by atoms with van der Waals surface area (Å²) in [5.41, 5.74) is 1.07. The van der Waals surface area contributed by atoms with Crippen LogP contribution in [0.15, 0.2) is 23.2 Å². The molecule has 1 aromatic heterocycles. The molecule has 54 valence electrons. The highest BCUT2D eigenvalue weighted by Gasteiger charge is 1.98. The summed E-state index contributed by atoms with van der Waals surface area (Å²) < 4.78 is 0.915. The van der Waals surface area contributed by atoms with Crippen molar-refractivity contribution in [2.45, 2.75) is 9.32 Å². The van der Waals surface area contributed by atoms with E-state index in [4.69, 9.17) is 5.14 Å². The van der Waals surface area contributed by atoms with Crippen molar-refractivity contribution in [1.29, 1.82) is 0 Å². The van der Waals surface area contributed by atoms with Crippen molar-refractivity contribution in [2.75, 3.05) is 0 Å². The number of halogens is 1. The highest BCUT2D eigenvalue weighted by molar-refractivity contribution is 14.1. The Hall–Kier alpha value is 0.190. The topological polar surface area (TPSA) is 38.9 Å². The maximum Gasteiger partial charge on any atom is 0.0649 e. The lowest BCUT2D eigenvalue weighted by Crippen LogP contribution is -1.89. The van der Waals surface area contributed by atoms with Gasteiger partial charge < -0.3 is 0 Å². The Morgan fingerprint density at radius 1 is 1.70 bits per heavy atom. The van der Waals surface area contributed by atoms with E-state index in [9.17, 15) is 0 Å². The zero-order valence-electron chi connectivity index (χ0n) is 5.25. The Labute approximate surface area is 77.9 Å². The normalized spacial score (nSPS) is 9.80. The summed E-state index contributed by atoms with van der Waals surface area (Å²) in [6, 6.07) is 3.87. The van der Waals surface area contributed by atoms with Crippen molar-refractivity contribution in [2.24, 2.45) is 5.14 Å². The molecule has 0 aliphatic rings. The van der Waals surface area contributed by atoms with Gasteiger partial charge in [0.05, 0.1) is 5.69 Å². The van der Waals surface area contributed by atoms with Gasteiger partial charge in [-0.05, 0) is 24.1 Å². The van der Waals surface area contributed by atoms with Gasteiger partial charge in [0.1, 0.15) is 0 Å². The molecule has 0 radical (unpaired) electrons. The zero-order valence-corrected chi connectivity index (χ0v) is 8.22. The van der Waals surface area contributed by atoms with Gasteiger partial charge in [0, 0.05) is 15.5 Å². The molecule has 0 bridgehead atoms.